The molecule has 0 unspecified atom stereocenters. The molecule has 0 amide bonds. The largest absolute Gasteiger partial charge is 0.436 e. The number of fused-ring (bicyclic) bond motifs is 11. The van der Waals surface area contributed by atoms with Crippen LogP contribution in [0.5, 0.6) is 0 Å². The smallest absolute Gasteiger partial charge is 0.227 e. The Kier molecular flexibility index (Phi) is 6.74. The highest BCUT2D eigenvalue weighted by atomic mass is 32.2. The molecule has 0 saturated carbocycles. The highest BCUT2D eigenvalue weighted by Gasteiger charge is 2.50. The van der Waals surface area contributed by atoms with Crippen LogP contribution in [0.15, 0.2) is 201 Å². The molecule has 12 rings (SSSR count). The van der Waals surface area contributed by atoms with Gasteiger partial charge in [-0.3, -0.25) is 0 Å². The quantitative estimate of drug-likeness (QED) is 0.180. The average molecular weight is 735 g/mol. The first kappa shape index (κ1) is 31.4. The van der Waals surface area contributed by atoms with Crippen LogP contribution in [0.4, 0.5) is 0 Å². The van der Waals surface area contributed by atoms with E-state index in [0.717, 1.165) is 50.0 Å². The van der Waals surface area contributed by atoms with E-state index in [2.05, 4.69) is 133 Å². The molecule has 0 bridgehead atoms. The lowest BCUT2D eigenvalue weighted by atomic mass is 9.67. The van der Waals surface area contributed by atoms with Crippen molar-refractivity contribution in [3.63, 3.8) is 0 Å². The number of oxazole rings is 2. The summed E-state index contributed by atoms with van der Waals surface area (Å²) in [6, 6.07) is 64.8. The molecular formula is C51H30N2O2S. The molecule has 0 fully saturated rings. The third-order valence-corrected chi connectivity index (χ3v) is 12.5. The van der Waals surface area contributed by atoms with Crippen LogP contribution in [-0.4, -0.2) is 9.97 Å². The van der Waals surface area contributed by atoms with Crippen LogP contribution in [0, 0.1) is 0 Å². The Labute approximate surface area is 327 Å². The minimum Gasteiger partial charge on any atom is -0.436 e. The maximum Gasteiger partial charge on any atom is 0.227 e. The summed E-state index contributed by atoms with van der Waals surface area (Å²) in [5, 5.41) is 0. The molecule has 3 heterocycles. The Morgan fingerprint density at radius 3 is 1.48 bits per heavy atom. The molecule has 1 aliphatic heterocycles. The Hall–Kier alpha value is -6.95. The van der Waals surface area contributed by atoms with Crippen LogP contribution in [0.25, 0.3) is 78.5 Å². The van der Waals surface area contributed by atoms with Crippen LogP contribution in [0.3, 0.4) is 0 Å². The number of rotatable bonds is 4. The molecular weight excluding hydrogens is 705 g/mol. The average Bonchev–Trinajstić information content (AvgIpc) is 3.98. The molecule has 2 aliphatic rings. The van der Waals surface area contributed by atoms with Gasteiger partial charge in [0.05, 0.1) is 5.41 Å². The van der Waals surface area contributed by atoms with E-state index in [-0.39, 0.29) is 0 Å². The zero-order valence-corrected chi connectivity index (χ0v) is 30.8. The first-order valence-electron chi connectivity index (χ1n) is 18.8. The molecule has 2 aromatic heterocycles. The van der Waals surface area contributed by atoms with Gasteiger partial charge in [-0.2, -0.15) is 0 Å². The minimum atomic E-state index is -0.392. The molecule has 0 radical (unpaired) electrons. The molecule has 0 N–H and O–H groups in total. The number of nitrogens with zero attached hydrogens (tertiary/aromatic N) is 2. The number of para-hydroxylation sites is 4. The minimum absolute atomic E-state index is 0.392. The van der Waals surface area contributed by atoms with Gasteiger partial charge in [0.2, 0.25) is 11.8 Å². The normalized spacial score (nSPS) is 13.4. The van der Waals surface area contributed by atoms with Crippen molar-refractivity contribution in [2.45, 2.75) is 15.2 Å². The Bertz CT molecular complexity index is 3010. The van der Waals surface area contributed by atoms with E-state index < -0.39 is 5.41 Å². The highest BCUT2D eigenvalue weighted by Crippen LogP contribution is 2.62. The van der Waals surface area contributed by atoms with Crippen LogP contribution >= 0.6 is 11.8 Å². The third kappa shape index (κ3) is 4.61. The second kappa shape index (κ2) is 12.0. The molecule has 4 nitrogen and oxygen atoms in total. The zero-order chi connectivity index (χ0) is 36.8. The van der Waals surface area contributed by atoms with Crippen LogP contribution in [-0.2, 0) is 5.41 Å². The summed E-state index contributed by atoms with van der Waals surface area (Å²) in [4.78, 5) is 12.3. The van der Waals surface area contributed by atoms with E-state index in [4.69, 9.17) is 18.8 Å². The van der Waals surface area contributed by atoms with Gasteiger partial charge in [-0.05, 0) is 122 Å². The molecule has 5 heteroatoms. The van der Waals surface area contributed by atoms with Crippen molar-refractivity contribution in [2.24, 2.45) is 0 Å². The number of hydrogen-bond acceptors (Lipinski definition) is 5. The summed E-state index contributed by atoms with van der Waals surface area (Å²) in [5.41, 5.74) is 16.7. The van der Waals surface area contributed by atoms with Crippen LogP contribution in [0.1, 0.15) is 22.3 Å². The predicted octanol–water partition coefficient (Wildman–Crippen LogP) is 13.5. The van der Waals surface area contributed by atoms with Crippen molar-refractivity contribution >= 4 is 34.0 Å². The van der Waals surface area contributed by atoms with Crippen molar-refractivity contribution in [1.82, 2.24) is 9.97 Å². The summed E-state index contributed by atoms with van der Waals surface area (Å²) in [6.45, 7) is 0. The topological polar surface area (TPSA) is 52.1 Å². The molecule has 56 heavy (non-hydrogen) atoms. The molecule has 0 saturated heterocycles. The maximum absolute atomic E-state index is 6.29. The van der Waals surface area contributed by atoms with Crippen molar-refractivity contribution < 1.29 is 8.83 Å². The first-order chi connectivity index (χ1) is 27.7. The molecule has 1 aliphatic carbocycles. The van der Waals surface area contributed by atoms with Gasteiger partial charge in [-0.25, -0.2) is 9.97 Å². The van der Waals surface area contributed by atoms with Gasteiger partial charge >= 0.3 is 0 Å². The van der Waals surface area contributed by atoms with E-state index in [0.29, 0.717) is 11.8 Å². The Balaban J connectivity index is 1.02. The van der Waals surface area contributed by atoms with E-state index in [1.54, 1.807) is 0 Å². The fraction of sp³-hybridized carbons (Fsp3) is 0.0196. The number of benzene rings is 8. The van der Waals surface area contributed by atoms with Gasteiger partial charge in [0, 0.05) is 20.9 Å². The van der Waals surface area contributed by atoms with Crippen molar-refractivity contribution in [1.29, 1.82) is 0 Å². The monoisotopic (exact) mass is 734 g/mol. The fourth-order valence-corrected chi connectivity index (χ4v) is 10.1. The van der Waals surface area contributed by atoms with Gasteiger partial charge in [-0.15, -0.1) is 0 Å². The second-order valence-corrected chi connectivity index (χ2v) is 15.6. The SMILES string of the molecule is c1cc(-c2cc(-c3nc4ccccc4o3)cc(-c3nc4ccccc4o3)c2)cc(-c2ccc3c(c2)-c2ccccc2C32c3ccccc3Sc3ccccc32)c1. The standard InChI is InChI=1S/C51H30N2O2S/c1-2-15-39-37(14-1)38-30-33(24-25-40(38)51(39)41-16-3-9-22-47(41)56-48-23-10-4-17-42(48)51)31-12-11-13-32(26-31)34-27-35(49-52-43-18-5-7-20-45(43)54-49)29-36(28-34)50-53-44-19-6-8-21-46(44)55-50/h1-30H. The van der Waals surface area contributed by atoms with E-state index in [1.165, 1.54) is 48.7 Å². The second-order valence-electron chi connectivity index (χ2n) is 14.5. The highest BCUT2D eigenvalue weighted by molar-refractivity contribution is 7.99. The summed E-state index contributed by atoms with van der Waals surface area (Å²) < 4.78 is 12.6. The lowest BCUT2D eigenvalue weighted by molar-refractivity contribution is 0.617. The van der Waals surface area contributed by atoms with Crippen LogP contribution in [0.2, 0.25) is 0 Å². The molecule has 8 aromatic carbocycles. The zero-order valence-electron chi connectivity index (χ0n) is 29.9. The predicted molar refractivity (Wildman–Crippen MR) is 225 cm³/mol. The maximum atomic E-state index is 6.29. The van der Waals surface area contributed by atoms with Gasteiger partial charge in [0.15, 0.2) is 11.2 Å². The lowest BCUT2D eigenvalue weighted by Crippen LogP contribution is -2.31. The fourth-order valence-electron chi connectivity index (χ4n) is 8.95. The van der Waals surface area contributed by atoms with Gasteiger partial charge in [-0.1, -0.05) is 127 Å². The van der Waals surface area contributed by atoms with Crippen molar-refractivity contribution in [3.05, 3.63) is 204 Å². The first-order valence-corrected chi connectivity index (χ1v) is 19.6. The van der Waals surface area contributed by atoms with E-state index in [1.807, 2.05) is 60.3 Å². The van der Waals surface area contributed by atoms with Gasteiger partial charge in [0.1, 0.15) is 11.0 Å². The van der Waals surface area contributed by atoms with E-state index >= 15 is 0 Å². The molecule has 0 atom stereocenters. The number of hydrogen-bond donors (Lipinski definition) is 0. The number of aromatic nitrogens is 2. The molecule has 10 aromatic rings. The van der Waals surface area contributed by atoms with Crippen molar-refractivity contribution in [3.8, 4) is 56.3 Å². The lowest BCUT2D eigenvalue weighted by Gasteiger charge is -2.39. The Morgan fingerprint density at radius 2 is 0.839 bits per heavy atom. The molecule has 262 valence electrons. The van der Waals surface area contributed by atoms with E-state index in [9.17, 15) is 0 Å². The third-order valence-electron chi connectivity index (χ3n) is 11.4. The summed E-state index contributed by atoms with van der Waals surface area (Å²) in [5.74, 6) is 1.11. The van der Waals surface area contributed by atoms with Gasteiger partial charge in [0.25, 0.3) is 0 Å². The van der Waals surface area contributed by atoms with Gasteiger partial charge < -0.3 is 8.83 Å². The summed E-state index contributed by atoms with van der Waals surface area (Å²) in [6.07, 6.45) is 0. The summed E-state index contributed by atoms with van der Waals surface area (Å²) in [7, 11) is 0. The molecule has 1 spiro atoms. The summed E-state index contributed by atoms with van der Waals surface area (Å²) >= 11 is 1.87. The Morgan fingerprint density at radius 1 is 0.357 bits per heavy atom. The van der Waals surface area contributed by atoms with Crippen LogP contribution < -0.4 is 0 Å². The van der Waals surface area contributed by atoms with Crippen molar-refractivity contribution in [2.75, 3.05) is 0 Å².